The van der Waals surface area contributed by atoms with E-state index < -0.39 is 5.54 Å². The summed E-state index contributed by atoms with van der Waals surface area (Å²) in [5.74, 6) is 0.675. The molecule has 0 saturated heterocycles. The van der Waals surface area contributed by atoms with E-state index >= 15 is 0 Å². The molecular weight excluding hydrogens is 332 g/mol. The van der Waals surface area contributed by atoms with E-state index in [4.69, 9.17) is 0 Å². The van der Waals surface area contributed by atoms with Crippen molar-refractivity contribution in [3.8, 4) is 0 Å². The van der Waals surface area contributed by atoms with Crippen molar-refractivity contribution in [2.75, 3.05) is 12.3 Å². The molecule has 25 heavy (non-hydrogen) atoms. The minimum absolute atomic E-state index is 0.0233. The van der Waals surface area contributed by atoms with Crippen molar-refractivity contribution in [1.82, 2.24) is 10.6 Å². The molecule has 138 valence electrons. The highest BCUT2D eigenvalue weighted by atomic mass is 32.2. The van der Waals surface area contributed by atoms with Gasteiger partial charge >= 0.3 is 0 Å². The summed E-state index contributed by atoms with van der Waals surface area (Å²) in [5, 5.41) is 5.96. The molecule has 1 aliphatic carbocycles. The van der Waals surface area contributed by atoms with E-state index in [1.165, 1.54) is 16.0 Å². The lowest BCUT2D eigenvalue weighted by molar-refractivity contribution is -0.134. The molecule has 0 aliphatic heterocycles. The highest BCUT2D eigenvalue weighted by Crippen LogP contribution is 2.29. The SMILES string of the molecule is CCNC(=O)C1(NC(=O)CCSc2ccc(C)c(C)c2)CCCCC1. The zero-order valence-electron chi connectivity index (χ0n) is 15.6. The van der Waals surface area contributed by atoms with Crippen LogP contribution < -0.4 is 10.6 Å². The first-order valence-corrected chi connectivity index (χ1v) is 10.2. The molecule has 0 spiro atoms. The molecule has 1 aromatic carbocycles. The van der Waals surface area contributed by atoms with Crippen molar-refractivity contribution in [2.45, 2.75) is 69.7 Å². The number of amides is 2. The van der Waals surface area contributed by atoms with Crippen molar-refractivity contribution in [1.29, 1.82) is 0 Å². The highest BCUT2D eigenvalue weighted by Gasteiger charge is 2.40. The van der Waals surface area contributed by atoms with Crippen molar-refractivity contribution in [3.05, 3.63) is 29.3 Å². The fraction of sp³-hybridized carbons (Fsp3) is 0.600. The molecule has 0 unspecified atom stereocenters. The van der Waals surface area contributed by atoms with Gasteiger partial charge in [-0.05, 0) is 56.9 Å². The van der Waals surface area contributed by atoms with E-state index in [9.17, 15) is 9.59 Å². The summed E-state index contributed by atoms with van der Waals surface area (Å²) in [4.78, 5) is 26.1. The summed E-state index contributed by atoms with van der Waals surface area (Å²) >= 11 is 1.69. The zero-order valence-corrected chi connectivity index (χ0v) is 16.4. The van der Waals surface area contributed by atoms with Gasteiger partial charge in [-0.25, -0.2) is 0 Å². The maximum Gasteiger partial charge on any atom is 0.245 e. The molecule has 0 aromatic heterocycles. The van der Waals surface area contributed by atoms with Crippen LogP contribution >= 0.6 is 11.8 Å². The Hall–Kier alpha value is -1.49. The smallest absolute Gasteiger partial charge is 0.245 e. The van der Waals surface area contributed by atoms with Crippen LogP contribution in [0.3, 0.4) is 0 Å². The van der Waals surface area contributed by atoms with Gasteiger partial charge in [0.2, 0.25) is 11.8 Å². The number of hydrogen-bond donors (Lipinski definition) is 2. The molecule has 0 atom stereocenters. The molecule has 0 heterocycles. The number of hydrogen-bond acceptors (Lipinski definition) is 3. The van der Waals surface area contributed by atoms with Gasteiger partial charge in [-0.15, -0.1) is 11.8 Å². The number of likely N-dealkylation sites (N-methyl/N-ethyl adjacent to an activating group) is 1. The number of thioether (sulfide) groups is 1. The third-order valence-electron chi connectivity index (χ3n) is 4.93. The van der Waals surface area contributed by atoms with Crippen LogP contribution in [0.1, 0.15) is 56.6 Å². The van der Waals surface area contributed by atoms with Crippen LogP contribution in [0.15, 0.2) is 23.1 Å². The van der Waals surface area contributed by atoms with Crippen LogP contribution in [0, 0.1) is 13.8 Å². The second-order valence-electron chi connectivity index (χ2n) is 6.89. The van der Waals surface area contributed by atoms with Gasteiger partial charge in [0, 0.05) is 23.6 Å². The largest absolute Gasteiger partial charge is 0.354 e. The maximum absolute atomic E-state index is 12.5. The summed E-state index contributed by atoms with van der Waals surface area (Å²) in [6.45, 7) is 6.71. The molecule has 1 aliphatic rings. The standard InChI is InChI=1S/C20H30N2O2S/c1-4-21-19(24)20(11-6-5-7-12-20)22-18(23)10-13-25-17-9-8-15(2)16(3)14-17/h8-9,14H,4-7,10-13H2,1-3H3,(H,21,24)(H,22,23). The van der Waals surface area contributed by atoms with Crippen molar-refractivity contribution < 1.29 is 9.59 Å². The number of rotatable bonds is 7. The van der Waals surface area contributed by atoms with Gasteiger partial charge in [0.15, 0.2) is 0 Å². The summed E-state index contributed by atoms with van der Waals surface area (Å²) in [7, 11) is 0. The Morgan fingerprint density at radius 3 is 2.48 bits per heavy atom. The van der Waals surface area contributed by atoms with Crippen LogP contribution in [0.2, 0.25) is 0 Å². The van der Waals surface area contributed by atoms with E-state index in [1.54, 1.807) is 11.8 Å². The number of nitrogens with one attached hydrogen (secondary N) is 2. The topological polar surface area (TPSA) is 58.2 Å². The number of aryl methyl sites for hydroxylation is 2. The number of carbonyl (C=O) groups excluding carboxylic acids is 2. The summed E-state index contributed by atoms with van der Waals surface area (Å²) in [5.41, 5.74) is 1.85. The normalized spacial score (nSPS) is 16.3. The summed E-state index contributed by atoms with van der Waals surface area (Å²) in [6, 6.07) is 6.38. The van der Waals surface area contributed by atoms with Gasteiger partial charge in [0.05, 0.1) is 0 Å². The first-order valence-electron chi connectivity index (χ1n) is 9.26. The third kappa shape index (κ3) is 5.50. The fourth-order valence-corrected chi connectivity index (χ4v) is 4.24. The molecular formula is C20H30N2O2S. The summed E-state index contributed by atoms with van der Waals surface area (Å²) < 4.78 is 0. The number of carbonyl (C=O) groups is 2. The molecule has 2 amide bonds. The summed E-state index contributed by atoms with van der Waals surface area (Å²) in [6.07, 6.45) is 5.05. The first kappa shape index (κ1) is 19.8. The maximum atomic E-state index is 12.5. The Morgan fingerprint density at radius 2 is 1.84 bits per heavy atom. The van der Waals surface area contributed by atoms with Crippen LogP contribution in [-0.2, 0) is 9.59 Å². The van der Waals surface area contributed by atoms with Crippen LogP contribution in [0.5, 0.6) is 0 Å². The monoisotopic (exact) mass is 362 g/mol. The van der Waals surface area contributed by atoms with Gasteiger partial charge < -0.3 is 10.6 Å². The Morgan fingerprint density at radius 1 is 1.12 bits per heavy atom. The highest BCUT2D eigenvalue weighted by molar-refractivity contribution is 7.99. The van der Waals surface area contributed by atoms with Gasteiger partial charge in [-0.3, -0.25) is 9.59 Å². The Balaban J connectivity index is 1.88. The first-order chi connectivity index (χ1) is 12.0. The van der Waals surface area contributed by atoms with Crippen LogP contribution in [0.4, 0.5) is 0 Å². The Kier molecular flexibility index (Phi) is 7.36. The fourth-order valence-electron chi connectivity index (χ4n) is 3.29. The van der Waals surface area contributed by atoms with Gasteiger partial charge in [-0.2, -0.15) is 0 Å². The Bertz CT molecular complexity index is 610. The molecule has 0 radical (unpaired) electrons. The third-order valence-corrected chi connectivity index (χ3v) is 5.93. The molecule has 1 fully saturated rings. The molecule has 5 heteroatoms. The van der Waals surface area contributed by atoms with E-state index in [2.05, 4.69) is 42.7 Å². The van der Waals surface area contributed by atoms with Crippen LogP contribution in [-0.4, -0.2) is 29.7 Å². The quantitative estimate of drug-likeness (QED) is 0.727. The van der Waals surface area contributed by atoms with E-state index in [1.807, 2.05) is 6.92 Å². The molecule has 0 bridgehead atoms. The minimum atomic E-state index is -0.698. The average molecular weight is 363 g/mol. The van der Waals surface area contributed by atoms with E-state index in [-0.39, 0.29) is 11.8 Å². The Labute approximate surface area is 155 Å². The lowest BCUT2D eigenvalue weighted by atomic mass is 9.80. The second kappa shape index (κ2) is 9.27. The predicted octanol–water partition coefficient (Wildman–Crippen LogP) is 3.74. The van der Waals surface area contributed by atoms with Crippen molar-refractivity contribution in [3.63, 3.8) is 0 Å². The predicted molar refractivity (Wildman–Crippen MR) is 104 cm³/mol. The lowest BCUT2D eigenvalue weighted by Gasteiger charge is -2.36. The van der Waals surface area contributed by atoms with Gasteiger partial charge in [0.25, 0.3) is 0 Å². The van der Waals surface area contributed by atoms with E-state index in [0.717, 1.165) is 37.9 Å². The lowest BCUT2D eigenvalue weighted by Crippen LogP contribution is -2.59. The number of benzene rings is 1. The van der Waals surface area contributed by atoms with Gasteiger partial charge in [0.1, 0.15) is 5.54 Å². The molecule has 2 rings (SSSR count). The average Bonchev–Trinajstić information content (AvgIpc) is 2.59. The molecule has 4 nitrogen and oxygen atoms in total. The van der Waals surface area contributed by atoms with Crippen molar-refractivity contribution in [2.24, 2.45) is 0 Å². The van der Waals surface area contributed by atoms with Crippen molar-refractivity contribution >= 4 is 23.6 Å². The molecule has 1 aromatic rings. The minimum Gasteiger partial charge on any atom is -0.354 e. The second-order valence-corrected chi connectivity index (χ2v) is 8.06. The van der Waals surface area contributed by atoms with E-state index in [0.29, 0.717) is 13.0 Å². The van der Waals surface area contributed by atoms with Crippen LogP contribution in [0.25, 0.3) is 0 Å². The molecule has 2 N–H and O–H groups in total. The zero-order chi connectivity index (χ0) is 18.3. The molecule has 1 saturated carbocycles. The van der Waals surface area contributed by atoms with Gasteiger partial charge in [-0.1, -0.05) is 25.3 Å².